The molecule has 7 atom stereocenters. The monoisotopic (exact) mass is 588 g/mol. The summed E-state index contributed by atoms with van der Waals surface area (Å²) in [7, 11) is 3.10. The molecule has 1 aromatic heterocycles. The van der Waals surface area contributed by atoms with Crippen LogP contribution in [0.3, 0.4) is 0 Å². The summed E-state index contributed by atoms with van der Waals surface area (Å²) in [6.07, 6.45) is -3.92. The number of hydrogen-bond donors (Lipinski definition) is 1. The number of nitrogens with zero attached hydrogens (tertiary/aromatic N) is 1. The van der Waals surface area contributed by atoms with Crippen LogP contribution in [0.25, 0.3) is 0 Å². The molecule has 2 amide bonds. The van der Waals surface area contributed by atoms with Gasteiger partial charge in [-0.3, -0.25) is 19.3 Å². The first kappa shape index (κ1) is 25.7. The standard InChI is InChI=1S/C28H23F3N2O5S2/c1-37-16-7-6-11(8-17(16)38-2)18-19-14-10-15(22(19)39-24-23(18)40-27(36)32-24)21-20(14)25(34)33(26(21)35)13-5-3-4-12(9-13)28(29,30)31/h3-9,14-15,18-22H,10H2,1-2H3,(H,32,36)/t14-,15+,18-,19+,20+,21+,22-/m0/s1. The van der Waals surface area contributed by atoms with Crippen LogP contribution in [-0.2, 0) is 15.8 Å². The van der Waals surface area contributed by atoms with E-state index in [0.29, 0.717) is 17.9 Å². The third kappa shape index (κ3) is 3.54. The van der Waals surface area contributed by atoms with E-state index in [-0.39, 0.29) is 39.5 Å². The van der Waals surface area contributed by atoms with E-state index in [0.717, 1.165) is 43.8 Å². The highest BCUT2D eigenvalue weighted by atomic mass is 32.2. The summed E-state index contributed by atoms with van der Waals surface area (Å²) >= 11 is 2.70. The van der Waals surface area contributed by atoms with E-state index < -0.39 is 35.4 Å². The number of rotatable bonds is 4. The molecular weight excluding hydrogens is 565 g/mol. The Morgan fingerprint density at radius 3 is 2.38 bits per heavy atom. The number of imide groups is 1. The maximum absolute atomic E-state index is 13.8. The molecule has 2 bridgehead atoms. The van der Waals surface area contributed by atoms with Gasteiger partial charge in [0.05, 0.1) is 42.3 Å². The number of ether oxygens (including phenoxy) is 2. The molecule has 2 aliphatic heterocycles. The Bertz CT molecular complexity index is 1620. The normalized spacial score (nSPS) is 30.3. The zero-order chi connectivity index (χ0) is 28.1. The first-order valence-electron chi connectivity index (χ1n) is 12.8. The fourth-order valence-corrected chi connectivity index (χ4v) is 10.4. The van der Waals surface area contributed by atoms with E-state index in [1.165, 1.54) is 12.1 Å². The van der Waals surface area contributed by atoms with Crippen LogP contribution in [0.5, 0.6) is 11.5 Å². The van der Waals surface area contributed by atoms with Gasteiger partial charge in [-0.1, -0.05) is 23.5 Å². The fourth-order valence-electron chi connectivity index (χ4n) is 7.51. The molecule has 1 N–H and O–H groups in total. The number of H-pyrrole nitrogens is 1. The summed E-state index contributed by atoms with van der Waals surface area (Å²) in [5, 5.41) is 0.729. The van der Waals surface area contributed by atoms with E-state index in [1.54, 1.807) is 26.0 Å². The van der Waals surface area contributed by atoms with Gasteiger partial charge < -0.3 is 14.5 Å². The smallest absolute Gasteiger partial charge is 0.416 e. The van der Waals surface area contributed by atoms with Gasteiger partial charge >= 0.3 is 11.0 Å². The van der Waals surface area contributed by atoms with Crippen molar-refractivity contribution >= 4 is 40.6 Å². The van der Waals surface area contributed by atoms with Crippen LogP contribution in [0.4, 0.5) is 18.9 Å². The number of anilines is 1. The van der Waals surface area contributed by atoms with Crippen molar-refractivity contribution in [3.05, 3.63) is 68.1 Å². The van der Waals surface area contributed by atoms with Crippen LogP contribution in [-0.4, -0.2) is 36.3 Å². The van der Waals surface area contributed by atoms with E-state index >= 15 is 0 Å². The van der Waals surface area contributed by atoms with Crippen molar-refractivity contribution in [3.8, 4) is 11.5 Å². The number of thiazole rings is 1. The number of aromatic amines is 1. The molecule has 0 unspecified atom stereocenters. The molecule has 12 heteroatoms. The molecule has 40 heavy (non-hydrogen) atoms. The first-order chi connectivity index (χ1) is 19.1. The van der Waals surface area contributed by atoms with Crippen molar-refractivity contribution in [3.63, 3.8) is 0 Å². The van der Waals surface area contributed by atoms with Crippen LogP contribution in [0, 0.1) is 29.6 Å². The molecule has 0 radical (unpaired) electrons. The maximum atomic E-state index is 13.8. The predicted molar refractivity (Wildman–Crippen MR) is 142 cm³/mol. The lowest BCUT2D eigenvalue weighted by molar-refractivity contribution is -0.137. The summed E-state index contributed by atoms with van der Waals surface area (Å²) in [5.74, 6) is -1.55. The van der Waals surface area contributed by atoms with Gasteiger partial charge in [0.25, 0.3) is 0 Å². The lowest BCUT2D eigenvalue weighted by Crippen LogP contribution is -2.42. The predicted octanol–water partition coefficient (Wildman–Crippen LogP) is 5.15. The highest BCUT2D eigenvalue weighted by molar-refractivity contribution is 8.00. The zero-order valence-electron chi connectivity index (χ0n) is 21.2. The summed E-state index contributed by atoms with van der Waals surface area (Å²) in [6, 6.07) is 10.0. The van der Waals surface area contributed by atoms with Gasteiger partial charge in [-0.25, -0.2) is 0 Å². The number of hydrogen-bond acceptors (Lipinski definition) is 7. The number of methoxy groups -OCH3 is 2. The molecule has 3 fully saturated rings. The second-order valence-corrected chi connectivity index (χ2v) is 12.8. The Labute approximate surface area is 234 Å². The summed E-state index contributed by atoms with van der Waals surface area (Å²) in [6.45, 7) is 0. The van der Waals surface area contributed by atoms with Gasteiger partial charge in [-0.2, -0.15) is 13.2 Å². The van der Waals surface area contributed by atoms with Gasteiger partial charge in [0, 0.05) is 16.0 Å². The topological polar surface area (TPSA) is 88.7 Å². The molecule has 3 heterocycles. The maximum Gasteiger partial charge on any atom is 0.416 e. The Kier molecular flexibility index (Phi) is 5.70. The third-order valence-electron chi connectivity index (χ3n) is 8.92. The number of benzene rings is 2. The largest absolute Gasteiger partial charge is 0.493 e. The molecule has 0 spiro atoms. The van der Waals surface area contributed by atoms with E-state index in [4.69, 9.17) is 9.47 Å². The van der Waals surface area contributed by atoms with Gasteiger partial charge in [0.1, 0.15) is 0 Å². The van der Waals surface area contributed by atoms with Gasteiger partial charge in [-0.05, 0) is 60.1 Å². The van der Waals surface area contributed by atoms with E-state index in [9.17, 15) is 27.6 Å². The van der Waals surface area contributed by atoms with Gasteiger partial charge in [-0.15, -0.1) is 11.8 Å². The number of fused-ring (bicyclic) bond motifs is 9. The molecule has 2 saturated carbocycles. The number of carbonyl (C=O) groups excluding carboxylic acids is 2. The molecule has 7 nitrogen and oxygen atoms in total. The number of amides is 2. The van der Waals surface area contributed by atoms with Gasteiger partial charge in [0.2, 0.25) is 11.8 Å². The van der Waals surface area contributed by atoms with E-state index in [1.807, 2.05) is 18.2 Å². The number of aromatic nitrogens is 1. The summed E-state index contributed by atoms with van der Waals surface area (Å²) in [5.41, 5.74) is -0.0362. The average Bonchev–Trinajstić information content (AvgIpc) is 3.66. The summed E-state index contributed by atoms with van der Waals surface area (Å²) < 4.78 is 51.2. The molecule has 3 aromatic rings. The van der Waals surface area contributed by atoms with Crippen LogP contribution in [0.1, 0.15) is 28.3 Å². The average molecular weight is 589 g/mol. The minimum absolute atomic E-state index is 0.0414. The molecule has 208 valence electrons. The van der Waals surface area contributed by atoms with Crippen molar-refractivity contribution in [2.24, 2.45) is 29.6 Å². The number of nitrogens with one attached hydrogen (secondary N) is 1. The number of thioether (sulfide) groups is 1. The van der Waals surface area contributed by atoms with Crippen molar-refractivity contribution < 1.29 is 32.2 Å². The Hall–Kier alpha value is -3.25. The summed E-state index contributed by atoms with van der Waals surface area (Å²) in [4.78, 5) is 44.6. The second-order valence-electron chi connectivity index (χ2n) is 10.6. The quantitative estimate of drug-likeness (QED) is 0.424. The first-order valence-corrected chi connectivity index (χ1v) is 14.5. The number of carbonyl (C=O) groups is 2. The minimum Gasteiger partial charge on any atom is -0.493 e. The van der Waals surface area contributed by atoms with Crippen LogP contribution < -0.4 is 19.2 Å². The van der Waals surface area contributed by atoms with E-state index in [2.05, 4.69) is 4.98 Å². The van der Waals surface area contributed by atoms with Crippen LogP contribution in [0.15, 0.2) is 52.3 Å². The Morgan fingerprint density at radius 2 is 1.68 bits per heavy atom. The van der Waals surface area contributed by atoms with Crippen LogP contribution >= 0.6 is 23.1 Å². The third-order valence-corrected chi connectivity index (χ3v) is 11.5. The molecule has 2 aromatic carbocycles. The number of alkyl halides is 3. The van der Waals surface area contributed by atoms with Crippen LogP contribution in [0.2, 0.25) is 0 Å². The molecule has 4 aliphatic rings. The molecule has 7 rings (SSSR count). The Balaban J connectivity index is 1.30. The highest BCUT2D eigenvalue weighted by Gasteiger charge is 2.69. The zero-order valence-corrected chi connectivity index (χ0v) is 22.9. The highest BCUT2D eigenvalue weighted by Crippen LogP contribution is 2.68. The number of halogens is 3. The minimum atomic E-state index is -4.59. The van der Waals surface area contributed by atoms with Crippen molar-refractivity contribution in [2.75, 3.05) is 19.1 Å². The van der Waals surface area contributed by atoms with Crippen molar-refractivity contribution in [2.45, 2.75) is 28.8 Å². The lowest BCUT2D eigenvalue weighted by atomic mass is 9.68. The molecule has 1 saturated heterocycles. The van der Waals surface area contributed by atoms with Gasteiger partial charge in [0.15, 0.2) is 11.5 Å². The second kappa shape index (κ2) is 8.87. The van der Waals surface area contributed by atoms with Crippen molar-refractivity contribution in [1.29, 1.82) is 0 Å². The lowest BCUT2D eigenvalue weighted by Gasteiger charge is -2.43. The fraction of sp³-hybridized carbons (Fsp3) is 0.393. The SMILES string of the molecule is COc1ccc([C@@H]2c3sc(=O)[nH]c3S[C@H]3[C@@H]4C[C@H]([C@H]5C(=O)N(c6cccc(C(F)(F)F)c6)C(=O)[C@H]45)[C@H]23)cc1OC. The Morgan fingerprint density at radius 1 is 0.950 bits per heavy atom. The molecule has 2 aliphatic carbocycles. The van der Waals surface area contributed by atoms with Crippen molar-refractivity contribution in [1.82, 2.24) is 4.98 Å². The molecular formula is C28H23F3N2O5S2.